The van der Waals surface area contributed by atoms with Gasteiger partial charge in [-0.2, -0.15) is 0 Å². The Morgan fingerprint density at radius 1 is 1.12 bits per heavy atom. The van der Waals surface area contributed by atoms with E-state index in [1.807, 2.05) is 42.5 Å². The smallest absolute Gasteiger partial charge is 0.252 e. The van der Waals surface area contributed by atoms with Crippen molar-refractivity contribution in [2.24, 2.45) is 5.73 Å². The maximum Gasteiger partial charge on any atom is 0.252 e. The molecule has 2 unspecified atom stereocenters. The zero-order valence-corrected chi connectivity index (χ0v) is 17.9. The van der Waals surface area contributed by atoms with Gasteiger partial charge < -0.3 is 25.6 Å². The third-order valence-electron chi connectivity index (χ3n) is 5.65. The number of benzene rings is 3. The van der Waals surface area contributed by atoms with Gasteiger partial charge in [-0.05, 0) is 40.8 Å². The average molecular weight is 433 g/mol. The van der Waals surface area contributed by atoms with E-state index >= 15 is 0 Å². The van der Waals surface area contributed by atoms with Gasteiger partial charge in [0.2, 0.25) is 0 Å². The molecule has 4 rings (SSSR count). The molecule has 6 heteroatoms. The van der Waals surface area contributed by atoms with Crippen molar-refractivity contribution in [3.63, 3.8) is 0 Å². The number of amides is 1. The fraction of sp³-hybridized carbons (Fsp3) is 0.269. The molecule has 1 aliphatic heterocycles. The Kier molecular flexibility index (Phi) is 7.17. The molecule has 0 spiro atoms. The Labute approximate surface area is 188 Å². The summed E-state index contributed by atoms with van der Waals surface area (Å²) >= 11 is 0. The van der Waals surface area contributed by atoms with Crippen LogP contribution in [0.4, 0.5) is 0 Å². The maximum atomic E-state index is 12.0. The lowest BCUT2D eigenvalue weighted by molar-refractivity contribution is 0.0400. The fourth-order valence-electron chi connectivity index (χ4n) is 3.92. The molecule has 4 N–H and O–H groups in total. The second kappa shape index (κ2) is 10.4. The van der Waals surface area contributed by atoms with E-state index in [1.54, 1.807) is 18.2 Å². The molecular formula is C26H28N2O4. The van der Waals surface area contributed by atoms with Crippen molar-refractivity contribution >= 4 is 5.91 Å². The fourth-order valence-corrected chi connectivity index (χ4v) is 3.92. The summed E-state index contributed by atoms with van der Waals surface area (Å²) in [5.41, 5.74) is 9.90. The minimum Gasteiger partial charge on any atom is -0.488 e. The number of aliphatic hydroxyl groups is 1. The highest BCUT2D eigenvalue weighted by molar-refractivity contribution is 5.95. The van der Waals surface area contributed by atoms with Gasteiger partial charge in [-0.3, -0.25) is 4.79 Å². The Morgan fingerprint density at radius 2 is 1.91 bits per heavy atom. The first kappa shape index (κ1) is 22.0. The minimum absolute atomic E-state index is 0.0397. The molecule has 0 saturated carbocycles. The SMILES string of the molecule is NC(=O)c1cc(C(O)CNCC2OCCc3ccccc32)ccc1OCc1ccccc1. The van der Waals surface area contributed by atoms with Crippen molar-refractivity contribution in [1.29, 1.82) is 0 Å². The Morgan fingerprint density at radius 3 is 2.72 bits per heavy atom. The number of aliphatic hydroxyl groups excluding tert-OH is 1. The first-order valence-electron chi connectivity index (χ1n) is 10.8. The molecule has 0 bridgehead atoms. The van der Waals surface area contributed by atoms with Gasteiger partial charge in [-0.15, -0.1) is 0 Å². The molecular weight excluding hydrogens is 404 g/mol. The molecule has 6 nitrogen and oxygen atoms in total. The molecule has 1 amide bonds. The van der Waals surface area contributed by atoms with Gasteiger partial charge in [-0.1, -0.05) is 60.7 Å². The van der Waals surface area contributed by atoms with E-state index in [0.717, 1.165) is 12.0 Å². The summed E-state index contributed by atoms with van der Waals surface area (Å²) in [6.07, 6.45) is 0.0846. The highest BCUT2D eigenvalue weighted by atomic mass is 16.5. The molecule has 0 saturated heterocycles. The molecule has 1 heterocycles. The zero-order valence-electron chi connectivity index (χ0n) is 17.9. The van der Waals surface area contributed by atoms with Gasteiger partial charge >= 0.3 is 0 Å². The van der Waals surface area contributed by atoms with Crippen LogP contribution in [0.5, 0.6) is 5.75 Å². The summed E-state index contributed by atoms with van der Waals surface area (Å²) in [6.45, 7) is 1.94. The predicted octanol–water partition coefficient (Wildman–Crippen LogP) is 3.30. The third kappa shape index (κ3) is 5.34. The summed E-state index contributed by atoms with van der Waals surface area (Å²) in [4.78, 5) is 12.0. The van der Waals surface area contributed by atoms with Gasteiger partial charge in [-0.25, -0.2) is 0 Å². The molecule has 1 aliphatic rings. The minimum atomic E-state index is -0.796. The van der Waals surface area contributed by atoms with Crippen LogP contribution in [0.15, 0.2) is 72.8 Å². The molecule has 166 valence electrons. The number of primary amides is 1. The molecule has 3 aromatic carbocycles. The topological polar surface area (TPSA) is 93.8 Å². The quantitative estimate of drug-likeness (QED) is 0.482. The van der Waals surface area contributed by atoms with Gasteiger partial charge in [0.05, 0.1) is 24.4 Å². The first-order valence-corrected chi connectivity index (χ1v) is 10.8. The second-order valence-corrected chi connectivity index (χ2v) is 7.88. The van der Waals surface area contributed by atoms with Crippen molar-refractivity contribution in [3.05, 3.63) is 101 Å². The largest absolute Gasteiger partial charge is 0.488 e. The molecule has 0 aromatic heterocycles. The van der Waals surface area contributed by atoms with Crippen LogP contribution < -0.4 is 15.8 Å². The number of carbonyl (C=O) groups excluding carboxylic acids is 1. The van der Waals surface area contributed by atoms with Crippen LogP contribution in [0.25, 0.3) is 0 Å². The summed E-state index contributed by atoms with van der Waals surface area (Å²) < 4.78 is 11.7. The molecule has 0 aliphatic carbocycles. The number of hydrogen-bond acceptors (Lipinski definition) is 5. The van der Waals surface area contributed by atoms with E-state index in [2.05, 4.69) is 17.4 Å². The number of hydrogen-bond donors (Lipinski definition) is 3. The van der Waals surface area contributed by atoms with Gasteiger partial charge in [0.1, 0.15) is 12.4 Å². The number of rotatable bonds is 9. The van der Waals surface area contributed by atoms with Gasteiger partial charge in [0.15, 0.2) is 0 Å². The monoisotopic (exact) mass is 432 g/mol. The molecule has 0 radical (unpaired) electrons. The third-order valence-corrected chi connectivity index (χ3v) is 5.65. The van der Waals surface area contributed by atoms with E-state index in [9.17, 15) is 9.90 Å². The molecule has 3 aromatic rings. The summed E-state index contributed by atoms with van der Waals surface area (Å²) in [5, 5.41) is 13.9. The van der Waals surface area contributed by atoms with Crippen LogP contribution in [0.3, 0.4) is 0 Å². The summed E-state index contributed by atoms with van der Waals surface area (Å²) in [6, 6.07) is 23.0. The number of fused-ring (bicyclic) bond motifs is 1. The Balaban J connectivity index is 1.36. The normalized spacial score (nSPS) is 16.2. The lowest BCUT2D eigenvalue weighted by atomic mass is 9.97. The van der Waals surface area contributed by atoms with Crippen molar-refractivity contribution in [2.45, 2.75) is 25.2 Å². The molecule has 2 atom stereocenters. The van der Waals surface area contributed by atoms with Crippen LogP contribution in [0, 0.1) is 0 Å². The summed E-state index contributed by atoms with van der Waals surface area (Å²) in [7, 11) is 0. The number of nitrogens with one attached hydrogen (secondary N) is 1. The highest BCUT2D eigenvalue weighted by Gasteiger charge is 2.21. The predicted molar refractivity (Wildman–Crippen MR) is 122 cm³/mol. The van der Waals surface area contributed by atoms with E-state index in [4.69, 9.17) is 15.2 Å². The van der Waals surface area contributed by atoms with Crippen molar-refractivity contribution in [3.8, 4) is 5.75 Å². The van der Waals surface area contributed by atoms with Crippen molar-refractivity contribution in [1.82, 2.24) is 5.32 Å². The van der Waals surface area contributed by atoms with Crippen molar-refractivity contribution < 1.29 is 19.4 Å². The molecule has 0 fully saturated rings. The van der Waals surface area contributed by atoms with Crippen LogP contribution in [0.1, 0.15) is 44.8 Å². The molecule has 32 heavy (non-hydrogen) atoms. The first-order chi connectivity index (χ1) is 15.6. The lowest BCUT2D eigenvalue weighted by Crippen LogP contribution is -2.30. The Bertz CT molecular complexity index is 1050. The van der Waals surface area contributed by atoms with Crippen LogP contribution >= 0.6 is 0 Å². The number of nitrogens with two attached hydrogens (primary N) is 1. The van der Waals surface area contributed by atoms with Crippen LogP contribution in [-0.4, -0.2) is 30.7 Å². The maximum absolute atomic E-state index is 12.0. The number of carbonyl (C=O) groups is 1. The summed E-state index contributed by atoms with van der Waals surface area (Å²) in [5.74, 6) is -0.195. The van der Waals surface area contributed by atoms with Gasteiger partial charge in [0.25, 0.3) is 5.91 Å². The van der Waals surface area contributed by atoms with E-state index in [-0.39, 0.29) is 11.7 Å². The van der Waals surface area contributed by atoms with Gasteiger partial charge in [0, 0.05) is 13.1 Å². The zero-order chi connectivity index (χ0) is 22.3. The van der Waals surface area contributed by atoms with Crippen LogP contribution in [-0.2, 0) is 17.8 Å². The standard InChI is InChI=1S/C26H28N2O4/c27-26(30)22-14-20(10-11-24(22)32-17-18-6-2-1-3-7-18)23(29)15-28-16-25-21-9-5-4-8-19(21)12-13-31-25/h1-11,14,23,25,28-29H,12-13,15-17H2,(H2,27,30). The Hall–Kier alpha value is -3.19. The number of ether oxygens (including phenoxy) is 2. The second-order valence-electron chi connectivity index (χ2n) is 7.88. The van der Waals surface area contributed by atoms with Crippen molar-refractivity contribution in [2.75, 3.05) is 19.7 Å². The van der Waals surface area contributed by atoms with E-state index < -0.39 is 12.0 Å². The lowest BCUT2D eigenvalue weighted by Gasteiger charge is -2.26. The highest BCUT2D eigenvalue weighted by Crippen LogP contribution is 2.27. The van der Waals surface area contributed by atoms with E-state index in [1.165, 1.54) is 11.1 Å². The van der Waals surface area contributed by atoms with E-state index in [0.29, 0.717) is 37.6 Å². The van der Waals surface area contributed by atoms with Crippen LogP contribution in [0.2, 0.25) is 0 Å². The average Bonchev–Trinajstić information content (AvgIpc) is 2.83.